The van der Waals surface area contributed by atoms with Gasteiger partial charge in [0.05, 0.1) is 5.41 Å². The number of urea groups is 1. The van der Waals surface area contributed by atoms with Crippen LogP contribution < -0.4 is 5.32 Å². The van der Waals surface area contributed by atoms with Gasteiger partial charge in [-0.25, -0.2) is 4.79 Å². The zero-order valence-corrected chi connectivity index (χ0v) is 10.3. The molecule has 96 valence electrons. The number of carbonyl (C=O) groups excluding carboxylic acids is 2. The number of amides is 3. The molecular formula is C12H20N2O3. The lowest BCUT2D eigenvalue weighted by atomic mass is 9.77. The van der Waals surface area contributed by atoms with Crippen LogP contribution in [0.3, 0.4) is 0 Å². The third-order valence-electron chi connectivity index (χ3n) is 3.71. The van der Waals surface area contributed by atoms with E-state index in [1.165, 1.54) is 4.90 Å². The minimum Gasteiger partial charge on any atom is -0.381 e. The van der Waals surface area contributed by atoms with Crippen molar-refractivity contribution >= 4 is 11.9 Å². The van der Waals surface area contributed by atoms with E-state index in [1.54, 1.807) is 0 Å². The highest BCUT2D eigenvalue weighted by molar-refractivity contribution is 6.00. The van der Waals surface area contributed by atoms with Gasteiger partial charge >= 0.3 is 6.03 Å². The fraction of sp³-hybridized carbons (Fsp3) is 0.833. The molecule has 0 unspecified atom stereocenters. The highest BCUT2D eigenvalue weighted by Gasteiger charge is 2.47. The molecule has 1 N–H and O–H groups in total. The van der Waals surface area contributed by atoms with Crippen molar-refractivity contribution in [2.24, 2.45) is 5.41 Å². The lowest BCUT2D eigenvalue weighted by Gasteiger charge is -2.42. The van der Waals surface area contributed by atoms with E-state index in [4.69, 9.17) is 4.74 Å². The Kier molecular flexibility index (Phi) is 3.66. The molecule has 0 aromatic heterocycles. The maximum atomic E-state index is 12.4. The molecule has 0 aromatic rings. The normalized spacial score (nSPS) is 23.9. The largest absolute Gasteiger partial charge is 0.381 e. The van der Waals surface area contributed by atoms with E-state index < -0.39 is 5.41 Å². The molecule has 5 heteroatoms. The molecule has 2 heterocycles. The number of nitrogens with zero attached hydrogens (tertiary/aromatic N) is 1. The smallest absolute Gasteiger partial charge is 0.324 e. The van der Waals surface area contributed by atoms with Crippen LogP contribution in [-0.2, 0) is 9.53 Å². The van der Waals surface area contributed by atoms with Crippen LogP contribution in [-0.4, -0.2) is 43.1 Å². The molecule has 0 aromatic carbocycles. The average Bonchev–Trinajstić information content (AvgIpc) is 2.36. The standard InChI is InChI=1S/C12H20N2O3/c1-2-3-6-14-10(15)12(9-13-11(14)16)4-7-17-8-5-12/h2-9H2,1H3,(H,13,16). The van der Waals surface area contributed by atoms with E-state index in [0.717, 1.165) is 25.7 Å². The molecule has 2 aliphatic rings. The molecule has 0 aliphatic carbocycles. The van der Waals surface area contributed by atoms with E-state index in [9.17, 15) is 9.59 Å². The van der Waals surface area contributed by atoms with Crippen LogP contribution in [0, 0.1) is 5.41 Å². The lowest BCUT2D eigenvalue weighted by Crippen LogP contribution is -2.62. The molecule has 3 amide bonds. The molecule has 5 nitrogen and oxygen atoms in total. The predicted octanol–water partition coefficient (Wildman–Crippen LogP) is 1.14. The number of imide groups is 1. The van der Waals surface area contributed by atoms with Crippen LogP contribution >= 0.6 is 0 Å². The van der Waals surface area contributed by atoms with Crippen LogP contribution in [0.2, 0.25) is 0 Å². The summed E-state index contributed by atoms with van der Waals surface area (Å²) in [6, 6.07) is -0.236. The minimum atomic E-state index is -0.403. The van der Waals surface area contributed by atoms with Gasteiger partial charge in [0, 0.05) is 26.3 Å². The maximum Gasteiger partial charge on any atom is 0.324 e. The van der Waals surface area contributed by atoms with Gasteiger partial charge in [-0.05, 0) is 19.3 Å². The second-order valence-electron chi connectivity index (χ2n) is 4.86. The number of hydrogen-bond acceptors (Lipinski definition) is 3. The number of ether oxygens (including phenoxy) is 1. The summed E-state index contributed by atoms with van der Waals surface area (Å²) in [7, 11) is 0. The van der Waals surface area contributed by atoms with Crippen LogP contribution in [0.5, 0.6) is 0 Å². The number of nitrogens with one attached hydrogen (secondary N) is 1. The summed E-state index contributed by atoms with van der Waals surface area (Å²) in [6.07, 6.45) is 3.28. The van der Waals surface area contributed by atoms with Crippen LogP contribution in [0.15, 0.2) is 0 Å². The molecule has 2 rings (SSSR count). The Morgan fingerprint density at radius 2 is 2.06 bits per heavy atom. The van der Waals surface area contributed by atoms with E-state index in [0.29, 0.717) is 26.3 Å². The van der Waals surface area contributed by atoms with Crippen molar-refractivity contribution in [2.75, 3.05) is 26.3 Å². The Bertz CT molecular complexity index is 311. The van der Waals surface area contributed by atoms with E-state index in [2.05, 4.69) is 12.2 Å². The van der Waals surface area contributed by atoms with Gasteiger partial charge in [0.15, 0.2) is 0 Å². The fourth-order valence-corrected chi connectivity index (χ4v) is 2.47. The number of carbonyl (C=O) groups is 2. The Morgan fingerprint density at radius 3 is 2.71 bits per heavy atom. The Morgan fingerprint density at radius 1 is 1.35 bits per heavy atom. The monoisotopic (exact) mass is 240 g/mol. The third-order valence-corrected chi connectivity index (χ3v) is 3.71. The molecule has 2 aliphatic heterocycles. The van der Waals surface area contributed by atoms with E-state index in [-0.39, 0.29) is 11.9 Å². The van der Waals surface area contributed by atoms with Gasteiger partial charge in [0.1, 0.15) is 0 Å². The number of rotatable bonds is 3. The first-order chi connectivity index (χ1) is 8.19. The topological polar surface area (TPSA) is 58.6 Å². The van der Waals surface area contributed by atoms with Crippen LogP contribution in [0.1, 0.15) is 32.6 Å². The average molecular weight is 240 g/mol. The first kappa shape index (κ1) is 12.4. The van der Waals surface area contributed by atoms with Gasteiger partial charge in [-0.2, -0.15) is 0 Å². The second-order valence-corrected chi connectivity index (χ2v) is 4.86. The maximum absolute atomic E-state index is 12.4. The van der Waals surface area contributed by atoms with E-state index in [1.807, 2.05) is 0 Å². The van der Waals surface area contributed by atoms with Crippen molar-refractivity contribution in [3.63, 3.8) is 0 Å². The van der Waals surface area contributed by atoms with Crippen molar-refractivity contribution in [1.29, 1.82) is 0 Å². The quantitative estimate of drug-likeness (QED) is 0.804. The Labute approximate surface area is 101 Å². The van der Waals surface area contributed by atoms with Crippen molar-refractivity contribution in [3.8, 4) is 0 Å². The van der Waals surface area contributed by atoms with Gasteiger partial charge in [-0.3, -0.25) is 9.69 Å². The van der Waals surface area contributed by atoms with Gasteiger partial charge in [0.2, 0.25) is 5.91 Å². The highest BCUT2D eigenvalue weighted by Crippen LogP contribution is 2.34. The zero-order valence-electron chi connectivity index (χ0n) is 10.3. The van der Waals surface area contributed by atoms with Gasteiger partial charge in [0.25, 0.3) is 0 Å². The first-order valence-electron chi connectivity index (χ1n) is 6.37. The second kappa shape index (κ2) is 5.04. The summed E-state index contributed by atoms with van der Waals surface area (Å²) in [5, 5.41) is 2.84. The summed E-state index contributed by atoms with van der Waals surface area (Å²) in [5.41, 5.74) is -0.403. The first-order valence-corrected chi connectivity index (χ1v) is 6.37. The van der Waals surface area contributed by atoms with Crippen molar-refractivity contribution in [2.45, 2.75) is 32.6 Å². The van der Waals surface area contributed by atoms with Crippen LogP contribution in [0.25, 0.3) is 0 Å². The molecule has 17 heavy (non-hydrogen) atoms. The summed E-state index contributed by atoms with van der Waals surface area (Å²) >= 11 is 0. The lowest BCUT2D eigenvalue weighted by molar-refractivity contribution is -0.146. The molecular weight excluding hydrogens is 220 g/mol. The van der Waals surface area contributed by atoms with Crippen molar-refractivity contribution < 1.29 is 14.3 Å². The summed E-state index contributed by atoms with van der Waals surface area (Å²) in [4.78, 5) is 25.5. The molecule has 1 spiro atoms. The zero-order chi connectivity index (χ0) is 12.3. The molecule has 0 saturated carbocycles. The number of hydrogen-bond donors (Lipinski definition) is 1. The van der Waals surface area contributed by atoms with Gasteiger partial charge in [-0.15, -0.1) is 0 Å². The number of unbranched alkanes of at least 4 members (excludes halogenated alkanes) is 1. The summed E-state index contributed by atoms with van der Waals surface area (Å²) in [5.74, 6) is -0.00185. The minimum absolute atomic E-state index is 0.00185. The fourth-order valence-electron chi connectivity index (χ4n) is 2.47. The van der Waals surface area contributed by atoms with Crippen molar-refractivity contribution in [3.05, 3.63) is 0 Å². The molecule has 0 bridgehead atoms. The third kappa shape index (κ3) is 2.29. The predicted molar refractivity (Wildman–Crippen MR) is 62.5 cm³/mol. The molecule has 0 radical (unpaired) electrons. The van der Waals surface area contributed by atoms with Gasteiger partial charge in [-0.1, -0.05) is 13.3 Å². The molecule has 2 fully saturated rings. The molecule has 0 atom stereocenters. The van der Waals surface area contributed by atoms with Crippen molar-refractivity contribution in [1.82, 2.24) is 10.2 Å². The highest BCUT2D eigenvalue weighted by atomic mass is 16.5. The van der Waals surface area contributed by atoms with E-state index >= 15 is 0 Å². The summed E-state index contributed by atoms with van der Waals surface area (Å²) in [6.45, 7) is 4.28. The Hall–Kier alpha value is -1.10. The van der Waals surface area contributed by atoms with Crippen LogP contribution in [0.4, 0.5) is 4.79 Å². The SMILES string of the molecule is CCCCN1C(=O)NCC2(CCOCC2)C1=O. The Balaban J connectivity index is 2.10. The summed E-state index contributed by atoms with van der Waals surface area (Å²) < 4.78 is 5.31. The molecule has 2 saturated heterocycles. The van der Waals surface area contributed by atoms with Gasteiger partial charge < -0.3 is 10.1 Å².